The molecule has 112 valence electrons. The quantitative estimate of drug-likeness (QED) is 0.809. The summed E-state index contributed by atoms with van der Waals surface area (Å²) in [5.74, 6) is -1.26. The van der Waals surface area contributed by atoms with Gasteiger partial charge < -0.3 is 10.4 Å². The number of carbonyl (C=O) groups excluding carboxylic acids is 1. The molecule has 1 rings (SSSR count). The molecule has 0 spiro atoms. The first kappa shape index (κ1) is 16.6. The van der Waals surface area contributed by atoms with E-state index in [1.165, 1.54) is 0 Å². The maximum Gasteiger partial charge on any atom is 0.310 e. The molecule has 1 amide bonds. The zero-order chi connectivity index (χ0) is 15.3. The van der Waals surface area contributed by atoms with Crippen LogP contribution < -0.4 is 5.32 Å². The molecular weight excluding hydrogens is 276 g/mol. The number of hydrogen-bond acceptors (Lipinski definition) is 4. The molecule has 2 N–H and O–H groups in total. The van der Waals surface area contributed by atoms with Gasteiger partial charge in [0.2, 0.25) is 5.91 Å². The second-order valence-electron chi connectivity index (χ2n) is 5.51. The molecule has 1 unspecified atom stereocenters. The van der Waals surface area contributed by atoms with Gasteiger partial charge in [-0.05, 0) is 19.8 Å². The highest BCUT2D eigenvalue weighted by Gasteiger charge is 2.38. The number of rotatable bonds is 7. The molecule has 0 aliphatic rings. The zero-order valence-corrected chi connectivity index (χ0v) is 13.2. The largest absolute Gasteiger partial charge is 0.481 e. The summed E-state index contributed by atoms with van der Waals surface area (Å²) in [5, 5.41) is 15.0. The summed E-state index contributed by atoms with van der Waals surface area (Å²) in [7, 11) is 0. The molecule has 1 aromatic rings. The van der Waals surface area contributed by atoms with Crippen LogP contribution in [0.3, 0.4) is 0 Å². The summed E-state index contributed by atoms with van der Waals surface area (Å²) in [6.45, 7) is 7.67. The first-order valence-electron chi connectivity index (χ1n) is 6.67. The lowest BCUT2D eigenvalue weighted by molar-refractivity contribution is -0.153. The van der Waals surface area contributed by atoms with Gasteiger partial charge in [-0.25, -0.2) is 4.98 Å². The van der Waals surface area contributed by atoms with E-state index in [1.54, 1.807) is 18.3 Å². The summed E-state index contributed by atoms with van der Waals surface area (Å²) in [6, 6.07) is 0. The maximum atomic E-state index is 11.9. The Hall–Kier alpha value is -1.43. The van der Waals surface area contributed by atoms with Gasteiger partial charge in [-0.15, -0.1) is 11.3 Å². The second kappa shape index (κ2) is 6.83. The van der Waals surface area contributed by atoms with Crippen LogP contribution in [0, 0.1) is 18.3 Å². The van der Waals surface area contributed by atoms with Crippen molar-refractivity contribution < 1.29 is 14.7 Å². The second-order valence-corrected chi connectivity index (χ2v) is 6.57. The number of carboxylic acids is 1. The maximum absolute atomic E-state index is 11.9. The highest BCUT2D eigenvalue weighted by Crippen LogP contribution is 2.31. The number of aryl methyl sites for hydroxylation is 1. The standard InChI is InChI=1S/C14H22N2O3S/c1-9(2)14(4,13(18)19)7-12(17)15-6-5-11-8-20-10(3)16-11/h8-9H,5-7H2,1-4H3,(H,15,17)(H,18,19). The highest BCUT2D eigenvalue weighted by molar-refractivity contribution is 7.09. The lowest BCUT2D eigenvalue weighted by atomic mass is 9.76. The van der Waals surface area contributed by atoms with Crippen LogP contribution in [0.2, 0.25) is 0 Å². The van der Waals surface area contributed by atoms with Crippen molar-refractivity contribution in [2.75, 3.05) is 6.54 Å². The molecule has 0 fully saturated rings. The lowest BCUT2D eigenvalue weighted by Crippen LogP contribution is -2.39. The Labute approximate surface area is 123 Å². The van der Waals surface area contributed by atoms with E-state index in [1.807, 2.05) is 26.2 Å². The van der Waals surface area contributed by atoms with Crippen molar-refractivity contribution in [1.82, 2.24) is 10.3 Å². The van der Waals surface area contributed by atoms with Gasteiger partial charge >= 0.3 is 5.97 Å². The number of aromatic nitrogens is 1. The third-order valence-corrected chi connectivity index (χ3v) is 4.48. The van der Waals surface area contributed by atoms with Gasteiger partial charge in [-0.3, -0.25) is 9.59 Å². The van der Waals surface area contributed by atoms with E-state index >= 15 is 0 Å². The molecule has 5 nitrogen and oxygen atoms in total. The van der Waals surface area contributed by atoms with Crippen molar-refractivity contribution in [3.8, 4) is 0 Å². The minimum atomic E-state index is -1.03. The summed E-state index contributed by atoms with van der Waals surface area (Å²) in [5.41, 5.74) is -0.0703. The van der Waals surface area contributed by atoms with Crippen LogP contribution in [0.5, 0.6) is 0 Å². The Balaban J connectivity index is 2.45. The molecule has 0 aromatic carbocycles. The molecule has 0 aliphatic heterocycles. The lowest BCUT2D eigenvalue weighted by Gasteiger charge is -2.28. The molecule has 0 bridgehead atoms. The Morgan fingerprint density at radius 1 is 1.50 bits per heavy atom. The van der Waals surface area contributed by atoms with E-state index in [0.29, 0.717) is 13.0 Å². The van der Waals surface area contributed by atoms with Gasteiger partial charge in [0.15, 0.2) is 0 Å². The monoisotopic (exact) mass is 298 g/mol. The van der Waals surface area contributed by atoms with E-state index in [4.69, 9.17) is 0 Å². The Kier molecular flexibility index (Phi) is 5.68. The number of aliphatic carboxylic acids is 1. The fourth-order valence-corrected chi connectivity index (χ4v) is 2.42. The Bertz CT molecular complexity index is 485. The van der Waals surface area contributed by atoms with Gasteiger partial charge in [0, 0.05) is 24.8 Å². The topological polar surface area (TPSA) is 79.3 Å². The summed E-state index contributed by atoms with van der Waals surface area (Å²) < 4.78 is 0. The predicted octanol–water partition coefficient (Wildman–Crippen LogP) is 2.25. The number of thiazole rings is 1. The third kappa shape index (κ3) is 4.30. The summed E-state index contributed by atoms with van der Waals surface area (Å²) >= 11 is 1.58. The van der Waals surface area contributed by atoms with Gasteiger partial charge in [0.1, 0.15) is 0 Å². The number of nitrogens with zero attached hydrogens (tertiary/aromatic N) is 1. The molecule has 6 heteroatoms. The minimum Gasteiger partial charge on any atom is -0.481 e. The van der Waals surface area contributed by atoms with E-state index < -0.39 is 11.4 Å². The van der Waals surface area contributed by atoms with Crippen LogP contribution in [0.15, 0.2) is 5.38 Å². The molecule has 0 radical (unpaired) electrons. The van der Waals surface area contributed by atoms with Crippen LogP contribution >= 0.6 is 11.3 Å². The van der Waals surface area contributed by atoms with Crippen LogP contribution in [-0.4, -0.2) is 28.5 Å². The number of hydrogen-bond donors (Lipinski definition) is 2. The smallest absolute Gasteiger partial charge is 0.310 e. The molecule has 0 saturated carbocycles. The SMILES string of the molecule is Cc1nc(CCNC(=O)CC(C)(C(=O)O)C(C)C)cs1. The van der Waals surface area contributed by atoms with Crippen molar-refractivity contribution in [2.24, 2.45) is 11.3 Å². The first-order chi connectivity index (χ1) is 9.25. The molecule has 1 heterocycles. The normalized spacial score (nSPS) is 14.1. The highest BCUT2D eigenvalue weighted by atomic mass is 32.1. The molecule has 20 heavy (non-hydrogen) atoms. The Morgan fingerprint density at radius 3 is 2.60 bits per heavy atom. The van der Waals surface area contributed by atoms with E-state index in [-0.39, 0.29) is 18.2 Å². The number of carbonyl (C=O) groups is 2. The van der Waals surface area contributed by atoms with Crippen molar-refractivity contribution in [3.63, 3.8) is 0 Å². The van der Waals surface area contributed by atoms with Crippen LogP contribution in [0.25, 0.3) is 0 Å². The number of carboxylic acid groups (broad SMARTS) is 1. The average molecular weight is 298 g/mol. The summed E-state index contributed by atoms with van der Waals surface area (Å²) in [6.07, 6.45) is 0.664. The third-order valence-electron chi connectivity index (χ3n) is 3.66. The summed E-state index contributed by atoms with van der Waals surface area (Å²) in [4.78, 5) is 27.5. The van der Waals surface area contributed by atoms with Gasteiger partial charge in [0.05, 0.1) is 16.1 Å². The fraction of sp³-hybridized carbons (Fsp3) is 0.643. The van der Waals surface area contributed by atoms with E-state index in [0.717, 1.165) is 10.7 Å². The molecule has 1 aromatic heterocycles. The predicted molar refractivity (Wildman–Crippen MR) is 78.8 cm³/mol. The number of amides is 1. The van der Waals surface area contributed by atoms with E-state index in [9.17, 15) is 14.7 Å². The Morgan fingerprint density at radius 2 is 2.15 bits per heavy atom. The molecule has 0 saturated heterocycles. The minimum absolute atomic E-state index is 0.00388. The van der Waals surface area contributed by atoms with Gasteiger partial charge in [0.25, 0.3) is 0 Å². The van der Waals surface area contributed by atoms with Crippen molar-refractivity contribution >= 4 is 23.2 Å². The fourth-order valence-electron chi connectivity index (χ4n) is 1.78. The van der Waals surface area contributed by atoms with Crippen molar-refractivity contribution in [3.05, 3.63) is 16.1 Å². The van der Waals surface area contributed by atoms with Crippen molar-refractivity contribution in [2.45, 2.75) is 40.5 Å². The van der Waals surface area contributed by atoms with Gasteiger partial charge in [-0.2, -0.15) is 0 Å². The first-order valence-corrected chi connectivity index (χ1v) is 7.54. The van der Waals surface area contributed by atoms with Crippen LogP contribution in [0.1, 0.15) is 37.9 Å². The van der Waals surface area contributed by atoms with E-state index in [2.05, 4.69) is 10.3 Å². The van der Waals surface area contributed by atoms with Crippen LogP contribution in [0.4, 0.5) is 0 Å². The van der Waals surface area contributed by atoms with Gasteiger partial charge in [-0.1, -0.05) is 13.8 Å². The van der Waals surface area contributed by atoms with Crippen molar-refractivity contribution in [1.29, 1.82) is 0 Å². The molecule has 0 aliphatic carbocycles. The van der Waals surface area contributed by atoms with Crippen LogP contribution in [-0.2, 0) is 16.0 Å². The molecule has 1 atom stereocenters. The number of nitrogens with one attached hydrogen (secondary N) is 1. The average Bonchev–Trinajstić information content (AvgIpc) is 2.74. The zero-order valence-electron chi connectivity index (χ0n) is 12.4. The molecular formula is C14H22N2O3S.